The van der Waals surface area contributed by atoms with Crippen molar-refractivity contribution < 1.29 is 30.0 Å². The molecule has 6 aliphatic rings. The summed E-state index contributed by atoms with van der Waals surface area (Å²) in [6.07, 6.45) is -2.67. The van der Waals surface area contributed by atoms with E-state index in [1.54, 1.807) is 0 Å². The van der Waals surface area contributed by atoms with E-state index in [-0.39, 0.29) is 23.5 Å². The summed E-state index contributed by atoms with van der Waals surface area (Å²) >= 11 is 0. The number of rotatable bonds is 0. The fraction of sp³-hybridized carbons (Fsp3) is 0.850. The molecule has 6 heteroatoms. The fourth-order valence-electron chi connectivity index (χ4n) is 7.83. The van der Waals surface area contributed by atoms with Crippen LogP contribution in [0.3, 0.4) is 0 Å². The maximum absolute atomic E-state index is 13.3. The summed E-state index contributed by atoms with van der Waals surface area (Å²) < 4.78 is 5.90. The molecule has 26 heavy (non-hydrogen) atoms. The molecular weight excluding hydrogens is 336 g/mol. The Balaban J connectivity index is 1.79. The monoisotopic (exact) mass is 364 g/mol. The molecule has 4 aliphatic carbocycles. The van der Waals surface area contributed by atoms with Crippen LogP contribution in [0.5, 0.6) is 0 Å². The standard InChI is InChI=1S/C20H28O6/c1-8-9-6-10(21)14-19-11(18(2,3)5-4-12(19)22)7-13(26-17(19)25)20(14,15(8)23)16(9)24/h9-14,16-17,21-22,24-25H,1,4-7H2,2-3H3/t9-,10-,11+,12+,13+,14-,16-,17+,19+,20+/m0/s1. The number of hydrogen-bond acceptors (Lipinski definition) is 6. The molecular formula is C20H28O6. The zero-order chi connectivity index (χ0) is 18.8. The van der Waals surface area contributed by atoms with Crippen molar-refractivity contribution in [3.63, 3.8) is 0 Å². The first-order chi connectivity index (χ1) is 12.1. The lowest BCUT2D eigenvalue weighted by molar-refractivity contribution is -0.411. The van der Waals surface area contributed by atoms with Gasteiger partial charge in [0.15, 0.2) is 12.1 Å². The van der Waals surface area contributed by atoms with Crippen molar-refractivity contribution >= 4 is 5.78 Å². The van der Waals surface area contributed by atoms with E-state index in [1.807, 2.05) is 0 Å². The highest BCUT2D eigenvalue weighted by Crippen LogP contribution is 2.75. The van der Waals surface area contributed by atoms with Crippen LogP contribution in [0.4, 0.5) is 0 Å². The Hall–Kier alpha value is -0.790. The largest absolute Gasteiger partial charge is 0.393 e. The van der Waals surface area contributed by atoms with E-state index in [0.717, 1.165) is 6.42 Å². The first kappa shape index (κ1) is 17.3. The lowest BCUT2D eigenvalue weighted by atomic mass is 9.36. The molecule has 6 nitrogen and oxygen atoms in total. The van der Waals surface area contributed by atoms with Gasteiger partial charge in [0.05, 0.1) is 35.2 Å². The predicted octanol–water partition coefficient (Wildman–Crippen LogP) is 0.374. The number of aliphatic hydroxyl groups excluding tert-OH is 4. The third-order valence-electron chi connectivity index (χ3n) is 8.83. The first-order valence-electron chi connectivity index (χ1n) is 9.72. The molecule has 2 aliphatic heterocycles. The normalized spacial score (nSPS) is 59.9. The van der Waals surface area contributed by atoms with Gasteiger partial charge in [-0.3, -0.25) is 4.79 Å². The van der Waals surface area contributed by atoms with Crippen LogP contribution in [-0.2, 0) is 9.53 Å². The molecule has 0 radical (unpaired) electrons. The number of carbonyl (C=O) groups is 1. The summed E-state index contributed by atoms with van der Waals surface area (Å²) in [5.74, 6) is -1.54. The van der Waals surface area contributed by atoms with Crippen LogP contribution in [0.15, 0.2) is 12.2 Å². The molecule has 4 bridgehead atoms. The van der Waals surface area contributed by atoms with Crippen LogP contribution in [0, 0.1) is 34.0 Å². The highest BCUT2D eigenvalue weighted by atomic mass is 16.6. The summed E-state index contributed by atoms with van der Waals surface area (Å²) in [6, 6.07) is 0. The fourth-order valence-corrected chi connectivity index (χ4v) is 7.83. The van der Waals surface area contributed by atoms with E-state index in [1.165, 1.54) is 0 Å². The van der Waals surface area contributed by atoms with Crippen molar-refractivity contribution in [2.45, 2.75) is 70.2 Å². The van der Waals surface area contributed by atoms with Gasteiger partial charge in [0, 0.05) is 11.8 Å². The van der Waals surface area contributed by atoms with Gasteiger partial charge in [-0.1, -0.05) is 20.4 Å². The number of aliphatic hydroxyl groups is 4. The van der Waals surface area contributed by atoms with Crippen LogP contribution in [-0.4, -0.2) is 56.9 Å². The lowest BCUT2D eigenvalue weighted by Gasteiger charge is -2.73. The molecule has 0 aromatic rings. The second kappa shape index (κ2) is 4.78. The zero-order valence-electron chi connectivity index (χ0n) is 15.3. The molecule has 0 amide bonds. The SMILES string of the molecule is C=C1C(=O)[C@@]23[C@@H]([C@@H](O)C[C@@H]1[C@@H]2O)[C@]12[C@H](O)CCC(C)(C)[C@H]1C[C@H]3O[C@H]2O. The third-order valence-corrected chi connectivity index (χ3v) is 8.83. The van der Waals surface area contributed by atoms with Crippen LogP contribution >= 0.6 is 0 Å². The molecule has 6 rings (SSSR count). The minimum Gasteiger partial charge on any atom is -0.393 e. The van der Waals surface area contributed by atoms with Gasteiger partial charge >= 0.3 is 0 Å². The van der Waals surface area contributed by atoms with Gasteiger partial charge in [-0.15, -0.1) is 0 Å². The van der Waals surface area contributed by atoms with Crippen molar-refractivity contribution in [3.8, 4) is 0 Å². The summed E-state index contributed by atoms with van der Waals surface area (Å²) in [6.45, 7) is 8.14. The Morgan fingerprint density at radius 3 is 2.54 bits per heavy atom. The van der Waals surface area contributed by atoms with E-state index in [2.05, 4.69) is 20.4 Å². The number of hydrogen-bond donors (Lipinski definition) is 4. The Kier molecular flexibility index (Phi) is 3.19. The summed E-state index contributed by atoms with van der Waals surface area (Å²) in [5, 5.41) is 44.4. The van der Waals surface area contributed by atoms with Gasteiger partial charge in [0.1, 0.15) is 0 Å². The quantitative estimate of drug-likeness (QED) is 0.463. The van der Waals surface area contributed by atoms with E-state index in [9.17, 15) is 25.2 Å². The van der Waals surface area contributed by atoms with Crippen LogP contribution in [0.2, 0.25) is 0 Å². The molecule has 6 fully saturated rings. The average Bonchev–Trinajstić information content (AvgIpc) is 2.70. The number of ketones is 1. The molecule has 4 saturated carbocycles. The second-order valence-corrected chi connectivity index (χ2v) is 9.93. The first-order valence-corrected chi connectivity index (χ1v) is 9.72. The maximum Gasteiger partial charge on any atom is 0.170 e. The average molecular weight is 364 g/mol. The van der Waals surface area contributed by atoms with E-state index < -0.39 is 53.4 Å². The summed E-state index contributed by atoms with van der Waals surface area (Å²) in [4.78, 5) is 13.3. The van der Waals surface area contributed by atoms with Gasteiger partial charge in [-0.05, 0) is 42.6 Å². The molecule has 10 atom stereocenters. The van der Waals surface area contributed by atoms with E-state index >= 15 is 0 Å². The molecule has 144 valence electrons. The van der Waals surface area contributed by atoms with E-state index in [4.69, 9.17) is 4.74 Å². The number of fused-ring (bicyclic) bond motifs is 2. The van der Waals surface area contributed by atoms with E-state index in [0.29, 0.717) is 18.4 Å². The highest BCUT2D eigenvalue weighted by molar-refractivity contribution is 6.04. The Labute approximate surface area is 152 Å². The molecule has 2 saturated heterocycles. The zero-order valence-corrected chi connectivity index (χ0v) is 15.3. The Morgan fingerprint density at radius 2 is 1.85 bits per heavy atom. The third kappa shape index (κ3) is 1.51. The van der Waals surface area contributed by atoms with Crippen molar-refractivity contribution in [2.75, 3.05) is 0 Å². The topological polar surface area (TPSA) is 107 Å². The number of ether oxygens (including phenoxy) is 1. The summed E-state index contributed by atoms with van der Waals surface area (Å²) in [7, 11) is 0. The van der Waals surface area contributed by atoms with Gasteiger partial charge in [-0.2, -0.15) is 0 Å². The molecule has 2 heterocycles. The van der Waals surface area contributed by atoms with Gasteiger partial charge in [-0.25, -0.2) is 0 Å². The highest BCUT2D eigenvalue weighted by Gasteiger charge is 2.83. The predicted molar refractivity (Wildman–Crippen MR) is 90.6 cm³/mol. The van der Waals surface area contributed by atoms with Gasteiger partial charge in [0.2, 0.25) is 0 Å². The lowest BCUT2D eigenvalue weighted by Crippen LogP contribution is -2.80. The minimum absolute atomic E-state index is 0.0943. The van der Waals surface area contributed by atoms with Crippen molar-refractivity contribution in [2.24, 2.45) is 34.0 Å². The smallest absolute Gasteiger partial charge is 0.170 e. The Bertz CT molecular complexity index is 696. The van der Waals surface area contributed by atoms with Gasteiger partial charge < -0.3 is 25.2 Å². The molecule has 4 N–H and O–H groups in total. The van der Waals surface area contributed by atoms with Crippen LogP contribution in [0.25, 0.3) is 0 Å². The van der Waals surface area contributed by atoms with Crippen LogP contribution in [0.1, 0.15) is 39.5 Å². The molecule has 0 aromatic heterocycles. The second-order valence-electron chi connectivity index (χ2n) is 9.93. The molecule has 0 unspecified atom stereocenters. The van der Waals surface area contributed by atoms with Crippen molar-refractivity contribution in [3.05, 3.63) is 12.2 Å². The summed E-state index contributed by atoms with van der Waals surface area (Å²) in [5.41, 5.74) is -2.27. The molecule has 0 aromatic carbocycles. The van der Waals surface area contributed by atoms with Gasteiger partial charge in [0.25, 0.3) is 0 Å². The number of Topliss-reactive ketones (excluding diaryl/α,β-unsaturated/α-hetero) is 1. The van der Waals surface area contributed by atoms with Crippen LogP contribution < -0.4 is 0 Å². The number of carbonyl (C=O) groups excluding carboxylic acids is 1. The van der Waals surface area contributed by atoms with Crippen molar-refractivity contribution in [1.82, 2.24) is 0 Å². The minimum atomic E-state index is -1.30. The molecule has 2 spiro atoms. The van der Waals surface area contributed by atoms with Crippen molar-refractivity contribution in [1.29, 1.82) is 0 Å². The maximum atomic E-state index is 13.3. The Morgan fingerprint density at radius 1 is 1.15 bits per heavy atom.